The van der Waals surface area contributed by atoms with Crippen LogP contribution in [0.1, 0.15) is 18.3 Å². The van der Waals surface area contributed by atoms with Crippen LogP contribution in [0.2, 0.25) is 5.02 Å². The minimum Gasteiger partial charge on any atom is -0.470 e. The summed E-state index contributed by atoms with van der Waals surface area (Å²) in [5.41, 5.74) is 2.91. The van der Waals surface area contributed by atoms with Gasteiger partial charge in [-0.25, -0.2) is 9.98 Å². The van der Waals surface area contributed by atoms with Crippen LogP contribution >= 0.6 is 11.6 Å². The lowest BCUT2D eigenvalue weighted by Crippen LogP contribution is -2.48. The molecule has 3 aromatic rings. The quantitative estimate of drug-likeness (QED) is 0.197. The summed E-state index contributed by atoms with van der Waals surface area (Å²) in [6, 6.07) is 7.73. The molecular formula is C27H33ClN8O. The molecule has 2 aromatic heterocycles. The number of piperazine rings is 1. The molecule has 0 amide bonds. The van der Waals surface area contributed by atoms with Crippen LogP contribution in [-0.2, 0) is 0 Å². The fourth-order valence-electron chi connectivity index (χ4n) is 4.19. The molecule has 0 atom stereocenters. The SMILES string of the molecule is C=CCN1CCN(C(/C=C(\N=C)Nc2cc(/C=C/C)[nH]n2)=N/COc2ccc3[nH]c(C)cc3c2Cl)CC1. The second-order valence-electron chi connectivity index (χ2n) is 8.68. The largest absolute Gasteiger partial charge is 0.470 e. The van der Waals surface area contributed by atoms with Crippen molar-refractivity contribution < 1.29 is 4.74 Å². The van der Waals surface area contributed by atoms with Crippen LogP contribution in [0.3, 0.4) is 0 Å². The molecule has 0 aliphatic carbocycles. The number of nitrogens with zero attached hydrogens (tertiary/aromatic N) is 5. The van der Waals surface area contributed by atoms with Gasteiger partial charge in [0.2, 0.25) is 0 Å². The summed E-state index contributed by atoms with van der Waals surface area (Å²) in [6.45, 7) is 16.0. The van der Waals surface area contributed by atoms with Crippen LogP contribution in [0, 0.1) is 6.92 Å². The minimum absolute atomic E-state index is 0.103. The lowest BCUT2D eigenvalue weighted by molar-refractivity contribution is 0.197. The maximum atomic E-state index is 6.61. The number of aliphatic imine (C=N–C) groups is 2. The summed E-state index contributed by atoms with van der Waals surface area (Å²) in [6.07, 6.45) is 7.68. The molecule has 3 heterocycles. The Hall–Kier alpha value is -3.82. The molecule has 0 spiro atoms. The zero-order valence-electron chi connectivity index (χ0n) is 21.3. The molecule has 4 rings (SSSR count). The first-order chi connectivity index (χ1) is 18.0. The molecule has 0 radical (unpaired) electrons. The van der Waals surface area contributed by atoms with Crippen molar-refractivity contribution >= 4 is 47.0 Å². The number of anilines is 1. The van der Waals surface area contributed by atoms with E-state index in [1.54, 1.807) is 0 Å². The third-order valence-electron chi connectivity index (χ3n) is 6.00. The summed E-state index contributed by atoms with van der Waals surface area (Å²) >= 11 is 6.61. The Balaban J connectivity index is 1.54. The van der Waals surface area contributed by atoms with E-state index in [-0.39, 0.29) is 6.73 Å². The number of nitrogens with one attached hydrogen (secondary N) is 3. The molecule has 194 valence electrons. The second-order valence-corrected chi connectivity index (χ2v) is 9.06. The van der Waals surface area contributed by atoms with Gasteiger partial charge < -0.3 is 19.9 Å². The van der Waals surface area contributed by atoms with Crippen molar-refractivity contribution in [2.45, 2.75) is 13.8 Å². The van der Waals surface area contributed by atoms with Crippen LogP contribution < -0.4 is 10.1 Å². The molecule has 10 heteroatoms. The normalized spacial score (nSPS) is 15.5. The molecule has 0 bridgehead atoms. The average Bonchev–Trinajstić information content (AvgIpc) is 3.51. The molecule has 0 unspecified atom stereocenters. The van der Waals surface area contributed by atoms with Gasteiger partial charge in [0.1, 0.15) is 17.4 Å². The van der Waals surface area contributed by atoms with Crippen LogP contribution in [-0.4, -0.2) is 77.0 Å². The summed E-state index contributed by atoms with van der Waals surface area (Å²) in [7, 11) is 0. The molecule has 9 nitrogen and oxygen atoms in total. The third kappa shape index (κ3) is 6.69. The highest BCUT2D eigenvalue weighted by atomic mass is 35.5. The number of rotatable bonds is 10. The van der Waals surface area contributed by atoms with Gasteiger partial charge in [0.25, 0.3) is 0 Å². The summed E-state index contributed by atoms with van der Waals surface area (Å²) in [4.78, 5) is 16.8. The van der Waals surface area contributed by atoms with Crippen LogP contribution in [0.15, 0.2) is 64.9 Å². The van der Waals surface area contributed by atoms with E-state index in [0.29, 0.717) is 22.4 Å². The van der Waals surface area contributed by atoms with Crippen LogP contribution in [0.25, 0.3) is 17.0 Å². The molecule has 37 heavy (non-hydrogen) atoms. The fraction of sp³-hybridized carbons (Fsp3) is 0.296. The van der Waals surface area contributed by atoms with Crippen molar-refractivity contribution in [1.29, 1.82) is 0 Å². The maximum Gasteiger partial charge on any atom is 0.181 e. The van der Waals surface area contributed by atoms with E-state index in [9.17, 15) is 0 Å². The first kappa shape index (κ1) is 26.2. The average molecular weight is 521 g/mol. The molecule has 0 saturated carbocycles. The number of ether oxygens (including phenoxy) is 1. The highest BCUT2D eigenvalue weighted by molar-refractivity contribution is 6.37. The number of fused-ring (bicyclic) bond motifs is 1. The van der Waals surface area contributed by atoms with Crippen molar-refractivity contribution in [1.82, 2.24) is 25.0 Å². The predicted octanol–water partition coefficient (Wildman–Crippen LogP) is 5.08. The Morgan fingerprint density at radius 1 is 1.27 bits per heavy atom. The Kier molecular flexibility index (Phi) is 8.81. The van der Waals surface area contributed by atoms with Gasteiger partial charge in [-0.1, -0.05) is 23.8 Å². The third-order valence-corrected chi connectivity index (χ3v) is 6.39. The van der Waals surface area contributed by atoms with E-state index >= 15 is 0 Å². The number of hydrogen-bond acceptors (Lipinski definition) is 6. The van der Waals surface area contributed by atoms with Gasteiger partial charge >= 0.3 is 0 Å². The van der Waals surface area contributed by atoms with Gasteiger partial charge in [-0.2, -0.15) is 5.10 Å². The number of allylic oxidation sites excluding steroid dienone is 1. The van der Waals surface area contributed by atoms with Crippen molar-refractivity contribution in [3.8, 4) is 5.75 Å². The number of hydrogen-bond donors (Lipinski definition) is 3. The van der Waals surface area contributed by atoms with E-state index in [2.05, 4.69) is 48.6 Å². The van der Waals surface area contributed by atoms with Crippen molar-refractivity contribution in [2.75, 3.05) is 44.8 Å². The Labute approximate surface area is 222 Å². The highest BCUT2D eigenvalue weighted by Crippen LogP contribution is 2.33. The highest BCUT2D eigenvalue weighted by Gasteiger charge is 2.19. The van der Waals surface area contributed by atoms with Crippen LogP contribution in [0.4, 0.5) is 5.82 Å². The summed E-state index contributed by atoms with van der Waals surface area (Å²) < 4.78 is 5.99. The Morgan fingerprint density at radius 3 is 2.81 bits per heavy atom. The summed E-state index contributed by atoms with van der Waals surface area (Å²) in [5, 5.41) is 11.9. The van der Waals surface area contributed by atoms with E-state index < -0.39 is 0 Å². The van der Waals surface area contributed by atoms with E-state index in [1.807, 2.05) is 62.4 Å². The predicted molar refractivity (Wildman–Crippen MR) is 154 cm³/mol. The lowest BCUT2D eigenvalue weighted by Gasteiger charge is -2.35. The molecule has 3 N–H and O–H groups in total. The second kappa shape index (κ2) is 12.4. The topological polar surface area (TPSA) is 96.9 Å². The van der Waals surface area contributed by atoms with E-state index in [0.717, 1.165) is 60.9 Å². The van der Waals surface area contributed by atoms with Gasteiger partial charge in [0.05, 0.1) is 10.7 Å². The zero-order chi connectivity index (χ0) is 26.2. The first-order valence-corrected chi connectivity index (χ1v) is 12.5. The van der Waals surface area contributed by atoms with E-state index in [4.69, 9.17) is 21.3 Å². The maximum absolute atomic E-state index is 6.61. The van der Waals surface area contributed by atoms with Gasteiger partial charge in [-0.15, -0.1) is 6.58 Å². The zero-order valence-corrected chi connectivity index (χ0v) is 22.1. The molecule has 1 aromatic carbocycles. The number of aryl methyl sites for hydroxylation is 1. The lowest BCUT2D eigenvalue weighted by atomic mass is 10.2. The van der Waals surface area contributed by atoms with Crippen molar-refractivity contribution in [3.05, 3.63) is 71.3 Å². The van der Waals surface area contributed by atoms with Gasteiger partial charge in [-0.05, 0) is 44.8 Å². The fourth-order valence-corrected chi connectivity index (χ4v) is 4.46. The number of aromatic amines is 2. The molecule has 1 aliphatic heterocycles. The first-order valence-electron chi connectivity index (χ1n) is 12.2. The molecular weight excluding hydrogens is 488 g/mol. The van der Waals surface area contributed by atoms with Crippen molar-refractivity contribution in [2.24, 2.45) is 9.98 Å². The molecule has 1 aliphatic rings. The molecule has 1 fully saturated rings. The monoisotopic (exact) mass is 520 g/mol. The van der Waals surface area contributed by atoms with Gasteiger partial charge in [0.15, 0.2) is 12.5 Å². The smallest absolute Gasteiger partial charge is 0.181 e. The standard InChI is InChI=1S/C27H33ClN8O/c1-5-7-20-16-25(34-33-20)32-24(29-4)17-26(36-13-11-35(10-6-2)12-14-36)30-18-37-23-9-8-22-21(27(23)28)15-19(3)31-22/h5-9,15-17,31H,2,4,10-14,18H2,1,3H3,(H2,32,33,34)/b7-5+,24-17+,30-26+. The number of aromatic nitrogens is 3. The minimum atomic E-state index is 0.103. The number of halogens is 1. The number of H-pyrrole nitrogens is 2. The summed E-state index contributed by atoms with van der Waals surface area (Å²) in [5.74, 6) is 2.50. The Bertz CT molecular complexity index is 1330. The van der Waals surface area contributed by atoms with E-state index in [1.165, 1.54) is 0 Å². The Morgan fingerprint density at radius 2 is 2.08 bits per heavy atom. The number of amidine groups is 1. The van der Waals surface area contributed by atoms with Crippen molar-refractivity contribution in [3.63, 3.8) is 0 Å². The van der Waals surface area contributed by atoms with Gasteiger partial charge in [0, 0.05) is 61.5 Å². The number of benzene rings is 1. The molecule has 1 saturated heterocycles. The van der Waals surface area contributed by atoms with Gasteiger partial charge in [-0.3, -0.25) is 10.00 Å². The van der Waals surface area contributed by atoms with Crippen LogP contribution in [0.5, 0.6) is 5.75 Å².